The number of oxime groups is 1. The lowest BCUT2D eigenvalue weighted by atomic mass is 10.0. The summed E-state index contributed by atoms with van der Waals surface area (Å²) in [4.78, 5) is 58.3. The monoisotopic (exact) mass is 495 g/mol. The van der Waals surface area contributed by atoms with Gasteiger partial charge in [0.25, 0.3) is 11.8 Å². The topological polar surface area (TPSA) is 174 Å². The van der Waals surface area contributed by atoms with Crippen molar-refractivity contribution in [2.45, 2.75) is 24.8 Å². The average Bonchev–Trinajstić information content (AvgIpc) is 3.20. The maximum absolute atomic E-state index is 12.8. The largest absolute Gasteiger partial charge is 0.477 e. The summed E-state index contributed by atoms with van der Waals surface area (Å²) in [6.45, 7) is 1.60. The Morgan fingerprint density at radius 3 is 2.82 bits per heavy atom. The molecule has 2 aliphatic rings. The average molecular weight is 496 g/mol. The second-order valence-electron chi connectivity index (χ2n) is 6.82. The zero-order chi connectivity index (χ0) is 24.1. The maximum Gasteiger partial charge on any atom is 0.352 e. The van der Waals surface area contributed by atoms with E-state index in [9.17, 15) is 24.3 Å². The molecule has 1 aromatic heterocycles. The lowest BCUT2D eigenvalue weighted by molar-refractivity contribution is -0.150. The highest BCUT2D eigenvalue weighted by atomic mass is 32.2. The first-order chi connectivity index (χ1) is 15.7. The molecule has 33 heavy (non-hydrogen) atoms. The molecule has 0 unspecified atom stereocenters. The number of carboxylic acid groups (broad SMARTS) is 1. The molecule has 176 valence electrons. The molecule has 4 N–H and O–H groups in total. The number of thioether (sulfide) groups is 1. The Hall–Kier alpha value is -3.23. The molecular formula is C19H21N5O7S2. The third kappa shape index (κ3) is 5.40. The van der Waals surface area contributed by atoms with Gasteiger partial charge in [-0.1, -0.05) is 17.3 Å². The van der Waals surface area contributed by atoms with Crippen molar-refractivity contribution in [3.8, 4) is 0 Å². The summed E-state index contributed by atoms with van der Waals surface area (Å²) in [6.07, 6.45) is 4.05. The van der Waals surface area contributed by atoms with Gasteiger partial charge in [-0.15, -0.1) is 23.1 Å². The lowest BCUT2D eigenvalue weighted by Gasteiger charge is -2.49. The van der Waals surface area contributed by atoms with Crippen molar-refractivity contribution < 1.29 is 33.9 Å². The van der Waals surface area contributed by atoms with Gasteiger partial charge in [0.1, 0.15) is 22.8 Å². The van der Waals surface area contributed by atoms with Gasteiger partial charge in [0.2, 0.25) is 0 Å². The van der Waals surface area contributed by atoms with Crippen LogP contribution in [0.2, 0.25) is 0 Å². The number of hydrogen-bond acceptors (Lipinski definition) is 11. The summed E-state index contributed by atoms with van der Waals surface area (Å²) < 4.78 is 4.96. The van der Waals surface area contributed by atoms with Crippen molar-refractivity contribution in [2.24, 2.45) is 5.16 Å². The number of aliphatic carboxylic acids is 1. The number of thiazole rings is 1. The number of anilines is 1. The number of fused-ring (bicyclic) bond motifs is 1. The van der Waals surface area contributed by atoms with E-state index < -0.39 is 35.2 Å². The molecule has 1 fully saturated rings. The van der Waals surface area contributed by atoms with Gasteiger partial charge in [0.05, 0.1) is 0 Å². The Morgan fingerprint density at radius 1 is 1.45 bits per heavy atom. The SMILES string of the molecule is COCC/C=C/C1=C(C(=O)O)N2C(=O)[C@@H](NC(=O)C(=NOC(C)=O)c3csc(N)n3)[C@H]2SC1. The minimum absolute atomic E-state index is 0.0748. The highest BCUT2D eigenvalue weighted by Gasteiger charge is 2.54. The highest BCUT2D eigenvalue weighted by Crippen LogP contribution is 2.40. The van der Waals surface area contributed by atoms with Crippen LogP contribution in [0.3, 0.4) is 0 Å². The Bertz CT molecular complexity index is 1060. The van der Waals surface area contributed by atoms with Crippen LogP contribution in [-0.2, 0) is 28.8 Å². The predicted molar refractivity (Wildman–Crippen MR) is 120 cm³/mol. The molecule has 14 heteroatoms. The van der Waals surface area contributed by atoms with Crippen LogP contribution in [0.4, 0.5) is 5.13 Å². The fourth-order valence-corrected chi connectivity index (χ4v) is 4.97. The van der Waals surface area contributed by atoms with Crippen LogP contribution >= 0.6 is 23.1 Å². The Kier molecular flexibility index (Phi) is 7.84. The molecule has 1 aromatic rings. The fraction of sp³-hybridized carbons (Fsp3) is 0.368. The lowest BCUT2D eigenvalue weighted by Crippen LogP contribution is -2.71. The number of methoxy groups -OCH3 is 1. The first kappa shape index (κ1) is 24.4. The molecule has 2 atom stereocenters. The van der Waals surface area contributed by atoms with E-state index in [1.807, 2.05) is 0 Å². The minimum atomic E-state index is -1.24. The van der Waals surface area contributed by atoms with Crippen molar-refractivity contribution in [1.29, 1.82) is 0 Å². The van der Waals surface area contributed by atoms with E-state index in [0.29, 0.717) is 24.4 Å². The highest BCUT2D eigenvalue weighted by molar-refractivity contribution is 8.00. The normalized spacial score (nSPS) is 20.5. The number of β-lactam (4-membered cyclic amide) rings is 1. The van der Waals surface area contributed by atoms with Gasteiger partial charge in [-0.05, 0) is 12.0 Å². The number of allylic oxidation sites excluding steroid dienone is 1. The van der Waals surface area contributed by atoms with Crippen molar-refractivity contribution >= 4 is 57.7 Å². The number of aromatic nitrogens is 1. The Balaban J connectivity index is 1.78. The van der Waals surface area contributed by atoms with Gasteiger partial charge in [0, 0.05) is 31.8 Å². The van der Waals surface area contributed by atoms with Gasteiger partial charge < -0.3 is 25.7 Å². The van der Waals surface area contributed by atoms with Crippen LogP contribution in [0.15, 0.2) is 34.0 Å². The molecule has 0 aromatic carbocycles. The number of hydrogen-bond donors (Lipinski definition) is 3. The minimum Gasteiger partial charge on any atom is -0.477 e. The summed E-state index contributed by atoms with van der Waals surface area (Å²) in [5.41, 5.74) is 5.72. The third-order valence-electron chi connectivity index (χ3n) is 4.54. The van der Waals surface area contributed by atoms with Gasteiger partial charge in [-0.25, -0.2) is 14.6 Å². The van der Waals surface area contributed by atoms with Crippen LogP contribution in [0.5, 0.6) is 0 Å². The quantitative estimate of drug-likeness (QED) is 0.142. The molecule has 3 heterocycles. The van der Waals surface area contributed by atoms with Crippen molar-refractivity contribution in [3.63, 3.8) is 0 Å². The Morgan fingerprint density at radius 2 is 2.21 bits per heavy atom. The van der Waals surface area contributed by atoms with Crippen LogP contribution in [0, 0.1) is 0 Å². The first-order valence-corrected chi connectivity index (χ1v) is 11.5. The number of nitrogens with two attached hydrogens (primary N) is 1. The van der Waals surface area contributed by atoms with Gasteiger partial charge in [0.15, 0.2) is 10.8 Å². The van der Waals surface area contributed by atoms with E-state index in [0.717, 1.165) is 23.2 Å². The van der Waals surface area contributed by atoms with Crippen LogP contribution in [0.25, 0.3) is 0 Å². The summed E-state index contributed by atoms with van der Waals surface area (Å²) in [6, 6.07) is -0.991. The molecule has 2 amide bonds. The van der Waals surface area contributed by atoms with Crippen LogP contribution in [0.1, 0.15) is 19.0 Å². The summed E-state index contributed by atoms with van der Waals surface area (Å²) in [7, 11) is 1.57. The molecule has 0 radical (unpaired) electrons. The molecular weight excluding hydrogens is 474 g/mol. The van der Waals surface area contributed by atoms with Crippen molar-refractivity contribution in [2.75, 3.05) is 25.2 Å². The number of ether oxygens (including phenoxy) is 1. The van der Waals surface area contributed by atoms with Gasteiger partial charge >= 0.3 is 11.9 Å². The molecule has 1 saturated heterocycles. The maximum atomic E-state index is 12.8. The number of amides is 2. The zero-order valence-electron chi connectivity index (χ0n) is 17.6. The smallest absolute Gasteiger partial charge is 0.352 e. The number of carbonyl (C=O) groups excluding carboxylic acids is 3. The summed E-state index contributed by atoms with van der Waals surface area (Å²) in [5, 5.41) is 16.8. The summed E-state index contributed by atoms with van der Waals surface area (Å²) in [5.74, 6) is -3.04. The Labute approximate surface area is 196 Å². The first-order valence-electron chi connectivity index (χ1n) is 9.59. The third-order valence-corrected chi connectivity index (χ3v) is 6.52. The van der Waals surface area contributed by atoms with Crippen LogP contribution in [-0.4, -0.2) is 75.3 Å². The van der Waals surface area contributed by atoms with E-state index in [2.05, 4.69) is 20.3 Å². The predicted octanol–water partition coefficient (Wildman–Crippen LogP) is 0.324. The van der Waals surface area contributed by atoms with Gasteiger partial charge in [-0.2, -0.15) is 0 Å². The van der Waals surface area contributed by atoms with Gasteiger partial charge in [-0.3, -0.25) is 14.5 Å². The standard InChI is InChI=1S/C19H21N5O7S2/c1-9(25)31-23-12(11-8-33-19(20)21-11)15(26)22-13-16(27)24-14(18(28)29)10(7-32-17(13)24)5-3-4-6-30-2/h3,5,8,13,17H,4,6-7H2,1-2H3,(H2,20,21)(H,22,26)(H,28,29)/b5-3+,23-12?/t13-,17-/m1/s1. The number of nitrogens with zero attached hydrogens (tertiary/aromatic N) is 3. The molecule has 0 spiro atoms. The van der Waals surface area contributed by atoms with E-state index in [4.69, 9.17) is 10.5 Å². The fourth-order valence-electron chi connectivity index (χ4n) is 3.10. The van der Waals surface area contributed by atoms with Crippen molar-refractivity contribution in [1.82, 2.24) is 15.2 Å². The number of nitrogens with one attached hydrogen (secondary N) is 1. The van der Waals surface area contributed by atoms with E-state index >= 15 is 0 Å². The second kappa shape index (κ2) is 10.6. The zero-order valence-corrected chi connectivity index (χ0v) is 19.3. The summed E-state index contributed by atoms with van der Waals surface area (Å²) >= 11 is 2.37. The van der Waals surface area contributed by atoms with E-state index in [-0.39, 0.29) is 22.2 Å². The number of rotatable bonds is 9. The number of carbonyl (C=O) groups is 4. The molecule has 3 rings (SSSR count). The number of carboxylic acids is 1. The molecule has 12 nitrogen and oxygen atoms in total. The van der Waals surface area contributed by atoms with Crippen LogP contribution < -0.4 is 11.1 Å². The second-order valence-corrected chi connectivity index (χ2v) is 8.81. The van der Waals surface area contributed by atoms with E-state index in [1.54, 1.807) is 19.3 Å². The van der Waals surface area contributed by atoms with Crippen molar-refractivity contribution in [3.05, 3.63) is 34.5 Å². The number of nitrogen functional groups attached to an aromatic ring is 1. The van der Waals surface area contributed by atoms with E-state index in [1.165, 1.54) is 17.1 Å². The molecule has 2 aliphatic heterocycles. The molecule has 0 saturated carbocycles. The molecule has 0 bridgehead atoms. The molecule has 0 aliphatic carbocycles.